The molecule has 0 saturated carbocycles. The van der Waals surface area contributed by atoms with Crippen molar-refractivity contribution in [2.75, 3.05) is 52.4 Å². The van der Waals surface area contributed by atoms with E-state index in [9.17, 15) is 28.8 Å². The largest absolute Gasteiger partial charge is 0.502 e. The number of imide groups is 1. The fourth-order valence-corrected chi connectivity index (χ4v) is 8.81. The number of carbonyl (C=O) groups is 4. The molecule has 0 aromatic carbocycles. The summed E-state index contributed by atoms with van der Waals surface area (Å²) in [6, 6.07) is 1.93. The third-order valence-electron chi connectivity index (χ3n) is 10.8. The van der Waals surface area contributed by atoms with Gasteiger partial charge < -0.3 is 43.5 Å². The van der Waals surface area contributed by atoms with E-state index in [1.54, 1.807) is 19.6 Å². The van der Waals surface area contributed by atoms with Crippen LogP contribution in [0.2, 0.25) is 0 Å². The molecule has 6 rings (SSSR count). The molecule has 2 aromatic rings. The van der Waals surface area contributed by atoms with Gasteiger partial charge in [-0.05, 0) is 113 Å². The van der Waals surface area contributed by atoms with Crippen LogP contribution in [0.4, 0.5) is 9.59 Å². The van der Waals surface area contributed by atoms with Crippen LogP contribution in [-0.4, -0.2) is 170 Å². The van der Waals surface area contributed by atoms with Crippen LogP contribution in [0.25, 0.3) is 0 Å². The number of hydrogen-bond donors (Lipinski definition) is 2. The molecule has 18 nitrogen and oxygen atoms in total. The molecular formula is C48H76N8O10S4. The fourth-order valence-electron chi connectivity index (χ4n) is 6.84. The van der Waals surface area contributed by atoms with E-state index in [1.165, 1.54) is 17.2 Å². The smallest absolute Gasteiger partial charge is 0.327 e. The highest BCUT2D eigenvalue weighted by Crippen LogP contribution is 2.18. The predicted molar refractivity (Wildman–Crippen MR) is 290 cm³/mol. The van der Waals surface area contributed by atoms with Crippen LogP contribution in [0.3, 0.4) is 0 Å². The van der Waals surface area contributed by atoms with Crippen molar-refractivity contribution < 1.29 is 38.2 Å². The van der Waals surface area contributed by atoms with Crippen molar-refractivity contribution >= 4 is 92.9 Å². The number of hydrogen-bond acceptors (Lipinski definition) is 14. The molecule has 2 aromatic heterocycles. The first-order valence-corrected chi connectivity index (χ1v) is 25.2. The van der Waals surface area contributed by atoms with Crippen molar-refractivity contribution in [3.8, 4) is 11.5 Å². The van der Waals surface area contributed by atoms with E-state index in [2.05, 4.69) is 25.7 Å². The third kappa shape index (κ3) is 17.4. The van der Waals surface area contributed by atoms with Gasteiger partial charge in [0.05, 0.1) is 25.9 Å². The number of carbonyl (C=O) groups excluding carboxylic acids is 4. The van der Waals surface area contributed by atoms with E-state index in [0.29, 0.717) is 42.1 Å². The third-order valence-corrected chi connectivity index (χ3v) is 12.3. The molecule has 0 aliphatic carbocycles. The van der Waals surface area contributed by atoms with E-state index in [-0.39, 0.29) is 82.7 Å². The summed E-state index contributed by atoms with van der Waals surface area (Å²) in [4.78, 5) is 83.3. The van der Waals surface area contributed by atoms with Crippen molar-refractivity contribution in [2.45, 2.75) is 147 Å². The minimum atomic E-state index is -0.389. The van der Waals surface area contributed by atoms with Crippen LogP contribution in [0.5, 0.6) is 11.5 Å². The van der Waals surface area contributed by atoms with Crippen LogP contribution in [0.1, 0.15) is 134 Å². The SMILES string of the molecule is CC(C)c1cc(=O)c(O)co1.CC(C)c1cocc(O)c1=O.CCN1CC(=O)N(C(C)C)C1=O.CCN1CC(=O)N(C(C)C)C1=S.CCN1CC(=S)N(C(C)C)C1=O.CCN1CC(=S)N(C(C)C)C1=S. The second-order valence-electron chi connectivity index (χ2n) is 18.0. The molecule has 392 valence electrons. The molecule has 0 unspecified atom stereocenters. The minimum Gasteiger partial charge on any atom is -0.502 e. The van der Waals surface area contributed by atoms with Gasteiger partial charge in [0.15, 0.2) is 21.7 Å². The molecule has 0 atom stereocenters. The van der Waals surface area contributed by atoms with Gasteiger partial charge in [0, 0.05) is 67.9 Å². The summed E-state index contributed by atoms with van der Waals surface area (Å²) in [5.41, 5.74) is -0.226. The molecule has 2 N–H and O–H groups in total. The Bertz CT molecular complexity index is 2080. The van der Waals surface area contributed by atoms with E-state index in [0.717, 1.165) is 53.8 Å². The zero-order valence-electron chi connectivity index (χ0n) is 43.8. The lowest BCUT2D eigenvalue weighted by Crippen LogP contribution is -2.37. The summed E-state index contributed by atoms with van der Waals surface area (Å²) in [5.74, 6) is 0.216. The summed E-state index contributed by atoms with van der Waals surface area (Å²) < 4.78 is 9.68. The first kappa shape index (κ1) is 63.0. The van der Waals surface area contributed by atoms with Crippen molar-refractivity contribution in [1.29, 1.82) is 0 Å². The van der Waals surface area contributed by atoms with Gasteiger partial charge in [-0.1, -0.05) is 52.1 Å². The van der Waals surface area contributed by atoms with Gasteiger partial charge in [0.2, 0.25) is 16.8 Å². The standard InChI is InChI=1S/C8H14N2O2.2C8H14N2OS.C8H14N2S2.2C8H10O3/c1-4-9-5-7(11)10(6(2)3)8(9)12;1-4-9-5-7(12)10(6(2)3)8(9)11;2*1-4-9-5-7(11)10(6(2)3)8(9)12;1-5(2)8-3-6(9)7(10)4-11-8;1-5(2)6-3-11-4-7(9)8(6)10/h4*6H,4-5H2,1-3H3;3-5,10H,1-2H3;3-5,9H,1-2H3. The maximum Gasteiger partial charge on any atom is 0.327 e. The fraction of sp³-hybridized carbons (Fsp3) is 0.625. The summed E-state index contributed by atoms with van der Waals surface area (Å²) >= 11 is 20.8. The Morgan fingerprint density at radius 2 is 0.900 bits per heavy atom. The normalized spacial score (nSPS) is 15.9. The van der Waals surface area contributed by atoms with Gasteiger partial charge in [-0.15, -0.1) is 0 Å². The molecule has 4 fully saturated rings. The zero-order chi connectivity index (χ0) is 54.1. The van der Waals surface area contributed by atoms with Gasteiger partial charge in [0.1, 0.15) is 34.8 Å². The second kappa shape index (κ2) is 29.3. The average Bonchev–Trinajstić information content (AvgIpc) is 3.96. The van der Waals surface area contributed by atoms with Crippen LogP contribution in [-0.2, 0) is 9.59 Å². The monoisotopic (exact) mass is 1050 g/mol. The molecule has 6 amide bonds. The lowest BCUT2D eigenvalue weighted by atomic mass is 10.1. The summed E-state index contributed by atoms with van der Waals surface area (Å²) in [6.07, 6.45) is 3.47. The van der Waals surface area contributed by atoms with Crippen LogP contribution in [0, 0.1) is 0 Å². The lowest BCUT2D eigenvalue weighted by molar-refractivity contribution is -0.127. The Morgan fingerprint density at radius 1 is 0.500 bits per heavy atom. The van der Waals surface area contributed by atoms with E-state index >= 15 is 0 Å². The molecule has 6 heterocycles. The molecule has 0 bridgehead atoms. The summed E-state index contributed by atoms with van der Waals surface area (Å²) in [5, 5.41) is 19.3. The Labute approximate surface area is 435 Å². The van der Waals surface area contributed by atoms with E-state index < -0.39 is 0 Å². The molecule has 22 heteroatoms. The molecule has 4 aliphatic rings. The number of thiocarbonyl (C=S) groups is 4. The van der Waals surface area contributed by atoms with Gasteiger partial charge in [0.25, 0.3) is 5.91 Å². The summed E-state index contributed by atoms with van der Waals surface area (Å²) in [6.45, 7) is 36.5. The molecule has 0 radical (unpaired) electrons. The maximum absolute atomic E-state index is 11.6. The quantitative estimate of drug-likeness (QED) is 0.174. The minimum absolute atomic E-state index is 0.0263. The molecule has 4 saturated heterocycles. The average molecular weight is 1050 g/mol. The summed E-state index contributed by atoms with van der Waals surface area (Å²) in [7, 11) is 0. The van der Waals surface area contributed by atoms with E-state index in [1.807, 2.05) is 99.8 Å². The van der Waals surface area contributed by atoms with Crippen molar-refractivity contribution in [1.82, 2.24) is 39.2 Å². The number of urea groups is 2. The number of rotatable bonds is 10. The van der Waals surface area contributed by atoms with Gasteiger partial charge in [-0.25, -0.2) is 9.59 Å². The van der Waals surface area contributed by atoms with Crippen molar-refractivity contribution in [2.24, 2.45) is 0 Å². The Balaban J connectivity index is 0.000000420. The lowest BCUT2D eigenvalue weighted by Gasteiger charge is -2.23. The zero-order valence-corrected chi connectivity index (χ0v) is 47.1. The Kier molecular flexibility index (Phi) is 26.4. The van der Waals surface area contributed by atoms with Gasteiger partial charge in [-0.2, -0.15) is 0 Å². The number of aromatic hydroxyl groups is 2. The predicted octanol–water partition coefficient (Wildman–Crippen LogP) is 7.58. The molecule has 0 spiro atoms. The Morgan fingerprint density at radius 3 is 1.21 bits per heavy atom. The molecule has 4 aliphatic heterocycles. The first-order chi connectivity index (χ1) is 32.5. The van der Waals surface area contributed by atoms with Crippen LogP contribution < -0.4 is 10.9 Å². The topological polar surface area (TPSA) is 195 Å². The van der Waals surface area contributed by atoms with E-state index in [4.69, 9.17) is 67.9 Å². The molecular weight excluding hydrogens is 977 g/mol. The van der Waals surface area contributed by atoms with Gasteiger partial charge in [-0.3, -0.25) is 33.9 Å². The van der Waals surface area contributed by atoms with Crippen molar-refractivity contribution in [3.05, 3.63) is 56.6 Å². The highest BCUT2D eigenvalue weighted by Gasteiger charge is 2.37. The van der Waals surface area contributed by atoms with Crippen LogP contribution >= 0.6 is 48.9 Å². The second-order valence-corrected chi connectivity index (χ2v) is 19.7. The van der Waals surface area contributed by atoms with Crippen LogP contribution in [0.15, 0.2) is 43.3 Å². The molecule has 70 heavy (non-hydrogen) atoms. The Hall–Kier alpha value is -5.06. The van der Waals surface area contributed by atoms with Crippen molar-refractivity contribution in [3.63, 3.8) is 0 Å². The maximum atomic E-state index is 11.6. The highest BCUT2D eigenvalue weighted by molar-refractivity contribution is 7.82. The van der Waals surface area contributed by atoms with Gasteiger partial charge >= 0.3 is 12.1 Å². The highest BCUT2D eigenvalue weighted by atomic mass is 32.1. The number of likely N-dealkylation sites (N-methyl/N-ethyl adjacent to an activating group) is 4. The first-order valence-electron chi connectivity index (χ1n) is 23.6. The number of amides is 6. The number of nitrogens with zero attached hydrogens (tertiary/aromatic N) is 8.